The highest BCUT2D eigenvalue weighted by Crippen LogP contribution is 2.22. The number of carboxylic acids is 1. The molecule has 1 amide bonds. The van der Waals surface area contributed by atoms with Gasteiger partial charge in [-0.3, -0.25) is 4.79 Å². The molecule has 0 bridgehead atoms. The molecule has 1 rings (SSSR count). The first-order valence-electron chi connectivity index (χ1n) is 5.52. The van der Waals surface area contributed by atoms with Crippen LogP contribution < -0.4 is 0 Å². The Morgan fingerprint density at radius 2 is 2.05 bits per heavy atom. The minimum Gasteiger partial charge on any atom is -0.478 e. The van der Waals surface area contributed by atoms with Crippen molar-refractivity contribution < 1.29 is 27.9 Å². The van der Waals surface area contributed by atoms with Crippen LogP contribution in [0.4, 0.5) is 13.2 Å². The Labute approximate surface area is 117 Å². The molecule has 0 saturated carbocycles. The van der Waals surface area contributed by atoms with Gasteiger partial charge in [0.1, 0.15) is 0 Å². The summed E-state index contributed by atoms with van der Waals surface area (Å²) in [6.45, 7) is -0.416. The third-order valence-electron chi connectivity index (χ3n) is 2.31. The SMILES string of the molecule is CN(CCC(F)(F)F)C(=O)c1ccc(C=CC(=O)O)s1. The van der Waals surface area contributed by atoms with Crippen molar-refractivity contribution in [1.82, 2.24) is 4.90 Å². The van der Waals surface area contributed by atoms with E-state index in [4.69, 9.17) is 5.11 Å². The molecule has 0 aromatic carbocycles. The van der Waals surface area contributed by atoms with Gasteiger partial charge in [-0.1, -0.05) is 0 Å². The van der Waals surface area contributed by atoms with Crippen LogP contribution in [0, 0.1) is 0 Å². The summed E-state index contributed by atoms with van der Waals surface area (Å²) in [6.07, 6.45) is -3.13. The van der Waals surface area contributed by atoms with E-state index in [-0.39, 0.29) is 4.88 Å². The molecule has 4 nitrogen and oxygen atoms in total. The summed E-state index contributed by atoms with van der Waals surface area (Å²) < 4.78 is 36.2. The number of nitrogens with zero attached hydrogens (tertiary/aromatic N) is 1. The molecule has 0 saturated heterocycles. The second-order valence-electron chi connectivity index (χ2n) is 3.97. The number of alkyl halides is 3. The number of aliphatic carboxylic acids is 1. The number of thiophene rings is 1. The molecule has 0 fully saturated rings. The zero-order chi connectivity index (χ0) is 15.3. The van der Waals surface area contributed by atoms with Gasteiger partial charge in [0.2, 0.25) is 0 Å². The molecule has 1 aromatic rings. The molecule has 0 atom stereocenters. The summed E-state index contributed by atoms with van der Waals surface area (Å²) in [5, 5.41) is 8.46. The molecule has 1 aromatic heterocycles. The fourth-order valence-electron chi connectivity index (χ4n) is 1.29. The van der Waals surface area contributed by atoms with Crippen molar-refractivity contribution in [3.8, 4) is 0 Å². The lowest BCUT2D eigenvalue weighted by molar-refractivity contribution is -0.136. The van der Waals surface area contributed by atoms with Gasteiger partial charge in [0, 0.05) is 24.5 Å². The molecule has 20 heavy (non-hydrogen) atoms. The van der Waals surface area contributed by atoms with Crippen LogP contribution in [0.1, 0.15) is 21.0 Å². The number of carboxylic acid groups (broad SMARTS) is 1. The van der Waals surface area contributed by atoms with Crippen LogP contribution in [0.3, 0.4) is 0 Å². The molecule has 0 spiro atoms. The van der Waals surface area contributed by atoms with Crippen LogP contribution in [0.25, 0.3) is 6.08 Å². The molecule has 0 aliphatic rings. The molecule has 0 radical (unpaired) electrons. The number of rotatable bonds is 5. The van der Waals surface area contributed by atoms with Crippen molar-refractivity contribution >= 4 is 29.3 Å². The van der Waals surface area contributed by atoms with E-state index in [2.05, 4.69) is 0 Å². The van der Waals surface area contributed by atoms with Gasteiger partial charge in [0.25, 0.3) is 5.91 Å². The van der Waals surface area contributed by atoms with Crippen molar-refractivity contribution in [2.45, 2.75) is 12.6 Å². The number of hydrogen-bond donors (Lipinski definition) is 1. The summed E-state index contributed by atoms with van der Waals surface area (Å²) in [6, 6.07) is 2.99. The van der Waals surface area contributed by atoms with E-state index in [0.29, 0.717) is 4.88 Å². The van der Waals surface area contributed by atoms with Gasteiger partial charge in [-0.25, -0.2) is 4.79 Å². The van der Waals surface area contributed by atoms with Crippen LogP contribution in [0.5, 0.6) is 0 Å². The Kier molecular flexibility index (Phi) is 5.32. The quantitative estimate of drug-likeness (QED) is 0.851. The lowest BCUT2D eigenvalue weighted by Gasteiger charge is -2.17. The fraction of sp³-hybridized carbons (Fsp3) is 0.333. The van der Waals surface area contributed by atoms with Gasteiger partial charge < -0.3 is 10.0 Å². The maximum atomic E-state index is 12.1. The summed E-state index contributed by atoms with van der Waals surface area (Å²) in [7, 11) is 1.29. The molecule has 1 heterocycles. The lowest BCUT2D eigenvalue weighted by atomic mass is 10.3. The van der Waals surface area contributed by atoms with Gasteiger partial charge in [-0.15, -0.1) is 11.3 Å². The monoisotopic (exact) mass is 307 g/mol. The summed E-state index contributed by atoms with van der Waals surface area (Å²) >= 11 is 1.02. The number of hydrogen-bond acceptors (Lipinski definition) is 3. The average molecular weight is 307 g/mol. The minimum atomic E-state index is -4.31. The Morgan fingerprint density at radius 1 is 1.40 bits per heavy atom. The molecule has 0 aliphatic heterocycles. The topological polar surface area (TPSA) is 57.6 Å². The zero-order valence-electron chi connectivity index (χ0n) is 10.5. The molecular formula is C12H12F3NO3S. The van der Waals surface area contributed by atoms with E-state index in [9.17, 15) is 22.8 Å². The maximum absolute atomic E-state index is 12.1. The lowest BCUT2D eigenvalue weighted by Crippen LogP contribution is -2.29. The Morgan fingerprint density at radius 3 is 2.60 bits per heavy atom. The van der Waals surface area contributed by atoms with Crippen molar-refractivity contribution in [2.75, 3.05) is 13.6 Å². The number of halogens is 3. The third-order valence-corrected chi connectivity index (χ3v) is 3.34. The standard InChI is InChI=1S/C12H12F3NO3S/c1-16(7-6-12(13,14)15)11(19)9-4-2-8(20-9)3-5-10(17)18/h2-5H,6-7H2,1H3,(H,17,18). The Balaban J connectivity index is 2.66. The number of amides is 1. The second-order valence-corrected chi connectivity index (χ2v) is 5.08. The van der Waals surface area contributed by atoms with Gasteiger partial charge in [-0.05, 0) is 18.2 Å². The first-order chi connectivity index (χ1) is 9.19. The number of carbonyl (C=O) groups is 2. The zero-order valence-corrected chi connectivity index (χ0v) is 11.3. The van der Waals surface area contributed by atoms with Crippen molar-refractivity contribution in [2.24, 2.45) is 0 Å². The summed E-state index contributed by atoms with van der Waals surface area (Å²) in [5.41, 5.74) is 0. The maximum Gasteiger partial charge on any atom is 0.390 e. The Bertz CT molecular complexity index is 522. The van der Waals surface area contributed by atoms with E-state index in [1.807, 2.05) is 0 Å². The highest BCUT2D eigenvalue weighted by Gasteiger charge is 2.28. The molecule has 8 heteroatoms. The molecule has 0 aliphatic carbocycles. The van der Waals surface area contributed by atoms with Crippen LogP contribution in [0.15, 0.2) is 18.2 Å². The highest BCUT2D eigenvalue weighted by atomic mass is 32.1. The van der Waals surface area contributed by atoms with Crippen molar-refractivity contribution in [3.63, 3.8) is 0 Å². The normalized spacial score (nSPS) is 11.8. The summed E-state index contributed by atoms with van der Waals surface area (Å²) in [4.78, 5) is 24.0. The van der Waals surface area contributed by atoms with E-state index in [1.54, 1.807) is 0 Å². The van der Waals surface area contributed by atoms with Crippen molar-refractivity contribution in [1.29, 1.82) is 0 Å². The van der Waals surface area contributed by atoms with E-state index >= 15 is 0 Å². The smallest absolute Gasteiger partial charge is 0.390 e. The van der Waals surface area contributed by atoms with Gasteiger partial charge in [0.05, 0.1) is 11.3 Å². The van der Waals surface area contributed by atoms with Crippen LogP contribution >= 0.6 is 11.3 Å². The second kappa shape index (κ2) is 6.56. The van der Waals surface area contributed by atoms with Gasteiger partial charge in [-0.2, -0.15) is 13.2 Å². The minimum absolute atomic E-state index is 0.264. The van der Waals surface area contributed by atoms with Crippen molar-refractivity contribution in [3.05, 3.63) is 28.0 Å². The van der Waals surface area contributed by atoms with Crippen LogP contribution in [-0.4, -0.2) is 41.7 Å². The van der Waals surface area contributed by atoms with Gasteiger partial charge in [0.15, 0.2) is 0 Å². The predicted molar refractivity (Wildman–Crippen MR) is 68.6 cm³/mol. The largest absolute Gasteiger partial charge is 0.478 e. The predicted octanol–water partition coefficient (Wildman–Crippen LogP) is 2.87. The fourth-order valence-corrected chi connectivity index (χ4v) is 2.20. The number of carbonyl (C=O) groups excluding carboxylic acids is 1. The van der Waals surface area contributed by atoms with Crippen LogP contribution in [-0.2, 0) is 4.79 Å². The molecule has 0 unspecified atom stereocenters. The summed E-state index contributed by atoms with van der Waals surface area (Å²) in [5.74, 6) is -1.64. The van der Waals surface area contributed by atoms with Gasteiger partial charge >= 0.3 is 12.1 Å². The first-order valence-corrected chi connectivity index (χ1v) is 6.34. The third kappa shape index (κ3) is 5.43. The molecular weight excluding hydrogens is 295 g/mol. The van der Waals surface area contributed by atoms with E-state index < -0.39 is 31.0 Å². The van der Waals surface area contributed by atoms with E-state index in [0.717, 1.165) is 22.3 Å². The molecule has 110 valence electrons. The highest BCUT2D eigenvalue weighted by molar-refractivity contribution is 7.14. The average Bonchev–Trinajstić information content (AvgIpc) is 2.80. The molecule has 1 N–H and O–H groups in total. The van der Waals surface area contributed by atoms with E-state index in [1.165, 1.54) is 25.3 Å². The first kappa shape index (κ1) is 16.2. The van der Waals surface area contributed by atoms with Crippen LogP contribution in [0.2, 0.25) is 0 Å². The Hall–Kier alpha value is -1.83.